The monoisotopic (exact) mass is 436 g/mol. The zero-order valence-corrected chi connectivity index (χ0v) is 17.3. The lowest BCUT2D eigenvalue weighted by Crippen LogP contribution is -2.14. The predicted molar refractivity (Wildman–Crippen MR) is 115 cm³/mol. The van der Waals surface area contributed by atoms with E-state index in [1.807, 2.05) is 30.5 Å². The third-order valence-electron chi connectivity index (χ3n) is 4.91. The van der Waals surface area contributed by atoms with Crippen LogP contribution < -0.4 is 14.8 Å². The van der Waals surface area contributed by atoms with Crippen molar-refractivity contribution in [3.63, 3.8) is 0 Å². The van der Waals surface area contributed by atoms with Gasteiger partial charge in [-0.25, -0.2) is 14.1 Å². The molecule has 4 aromatic rings. The smallest absolute Gasteiger partial charge is 0.260 e. The molecule has 0 aliphatic carbocycles. The summed E-state index contributed by atoms with van der Waals surface area (Å²) in [5.41, 5.74) is 3.48. The van der Waals surface area contributed by atoms with Gasteiger partial charge in [0, 0.05) is 10.9 Å². The van der Waals surface area contributed by atoms with Crippen LogP contribution in [0.2, 0.25) is 0 Å². The number of anilines is 1. The lowest BCUT2D eigenvalue weighted by atomic mass is 10.1. The number of aromatic nitrogens is 3. The lowest BCUT2D eigenvalue weighted by Gasteiger charge is -2.07. The van der Waals surface area contributed by atoms with Crippen molar-refractivity contribution in [1.82, 2.24) is 14.8 Å². The fourth-order valence-corrected chi connectivity index (χ4v) is 4.11. The Morgan fingerprint density at radius 2 is 2.00 bits per heavy atom. The fraction of sp³-hybridized carbons (Fsp3) is 0.136. The quantitative estimate of drug-likeness (QED) is 0.492. The fourth-order valence-electron chi connectivity index (χ4n) is 3.39. The van der Waals surface area contributed by atoms with E-state index >= 15 is 0 Å². The maximum atomic E-state index is 13.2. The second-order valence-corrected chi connectivity index (χ2v) is 7.66. The highest BCUT2D eigenvalue weighted by molar-refractivity contribution is 7.14. The molecule has 3 heterocycles. The summed E-state index contributed by atoms with van der Waals surface area (Å²) < 4.78 is 25.6. The Morgan fingerprint density at radius 1 is 1.19 bits per heavy atom. The number of rotatable bonds is 5. The first-order valence-corrected chi connectivity index (χ1v) is 10.5. The summed E-state index contributed by atoms with van der Waals surface area (Å²) in [6.07, 6.45) is 2.10. The number of benzene rings is 2. The molecular formula is C22H17FN4O3S. The van der Waals surface area contributed by atoms with Gasteiger partial charge in [0.25, 0.3) is 5.91 Å². The van der Waals surface area contributed by atoms with Crippen LogP contribution in [0.1, 0.15) is 23.0 Å². The molecule has 0 radical (unpaired) electrons. The van der Waals surface area contributed by atoms with Crippen molar-refractivity contribution in [3.8, 4) is 28.4 Å². The van der Waals surface area contributed by atoms with Gasteiger partial charge < -0.3 is 9.47 Å². The molecule has 7 nitrogen and oxygen atoms in total. The number of nitrogens with one attached hydrogen (secondary N) is 1. The Hall–Kier alpha value is -3.72. The van der Waals surface area contributed by atoms with Crippen molar-refractivity contribution < 1.29 is 18.7 Å². The first kappa shape index (κ1) is 19.3. The largest absolute Gasteiger partial charge is 0.454 e. The zero-order valence-electron chi connectivity index (χ0n) is 16.5. The number of amides is 1. The summed E-state index contributed by atoms with van der Waals surface area (Å²) in [6.45, 7) is 2.15. The molecule has 2 aromatic carbocycles. The van der Waals surface area contributed by atoms with Crippen LogP contribution in [0.25, 0.3) is 16.9 Å². The van der Waals surface area contributed by atoms with E-state index in [2.05, 4.69) is 15.4 Å². The molecule has 156 valence electrons. The summed E-state index contributed by atoms with van der Waals surface area (Å²) in [6, 6.07) is 11.6. The van der Waals surface area contributed by atoms with E-state index in [1.165, 1.54) is 29.7 Å². The van der Waals surface area contributed by atoms with Crippen LogP contribution in [0.5, 0.6) is 11.5 Å². The van der Waals surface area contributed by atoms with Gasteiger partial charge in [-0.3, -0.25) is 10.1 Å². The average molecular weight is 436 g/mol. The lowest BCUT2D eigenvalue weighted by molar-refractivity contribution is 0.102. The molecule has 0 unspecified atom stereocenters. The standard InChI is InChI=1S/C22H17FN4O3S/c1-2-18-16(10-24-27(18)15-6-4-14(23)5-7-15)21(28)26-22-25-17(11-31-22)13-3-8-19-20(9-13)30-12-29-19/h3-11H,2,12H2,1H3,(H,25,26,28). The maximum absolute atomic E-state index is 13.2. The second kappa shape index (κ2) is 7.84. The van der Waals surface area contributed by atoms with Crippen molar-refractivity contribution in [2.45, 2.75) is 13.3 Å². The maximum Gasteiger partial charge on any atom is 0.260 e. The molecule has 9 heteroatoms. The number of hydrogen-bond donors (Lipinski definition) is 1. The van der Waals surface area contributed by atoms with Crippen LogP contribution in [-0.4, -0.2) is 27.5 Å². The van der Waals surface area contributed by atoms with Crippen molar-refractivity contribution >= 4 is 22.4 Å². The summed E-state index contributed by atoms with van der Waals surface area (Å²) >= 11 is 1.33. The van der Waals surface area contributed by atoms with Gasteiger partial charge in [0.05, 0.1) is 28.8 Å². The van der Waals surface area contributed by atoms with E-state index < -0.39 is 0 Å². The Morgan fingerprint density at radius 3 is 2.81 bits per heavy atom. The van der Waals surface area contributed by atoms with Gasteiger partial charge in [0.1, 0.15) is 5.82 Å². The minimum absolute atomic E-state index is 0.211. The van der Waals surface area contributed by atoms with Crippen molar-refractivity contribution in [2.75, 3.05) is 12.1 Å². The number of carbonyl (C=O) groups is 1. The molecule has 0 saturated heterocycles. The number of carbonyl (C=O) groups excluding carboxylic acids is 1. The average Bonchev–Trinajstić information content (AvgIpc) is 3.52. The molecular weight excluding hydrogens is 419 g/mol. The minimum Gasteiger partial charge on any atom is -0.454 e. The molecule has 0 atom stereocenters. The highest BCUT2D eigenvalue weighted by atomic mass is 32.1. The van der Waals surface area contributed by atoms with E-state index in [4.69, 9.17) is 9.47 Å². The first-order chi connectivity index (χ1) is 15.1. The summed E-state index contributed by atoms with van der Waals surface area (Å²) in [5.74, 6) is 0.764. The normalized spacial score (nSPS) is 12.2. The van der Waals surface area contributed by atoms with E-state index in [-0.39, 0.29) is 18.5 Å². The molecule has 1 aliphatic rings. The first-order valence-electron chi connectivity index (χ1n) is 9.62. The highest BCUT2D eigenvalue weighted by Gasteiger charge is 2.19. The Bertz CT molecular complexity index is 1270. The van der Waals surface area contributed by atoms with Crippen LogP contribution in [-0.2, 0) is 6.42 Å². The van der Waals surface area contributed by atoms with Crippen molar-refractivity contribution in [3.05, 3.63) is 71.1 Å². The van der Waals surface area contributed by atoms with Crippen LogP contribution in [0.15, 0.2) is 54.0 Å². The van der Waals surface area contributed by atoms with E-state index in [0.29, 0.717) is 34.3 Å². The number of ether oxygens (including phenoxy) is 2. The number of halogens is 1. The molecule has 5 rings (SSSR count). The SMILES string of the molecule is CCc1c(C(=O)Nc2nc(-c3ccc4c(c3)OCO4)cs2)cnn1-c1ccc(F)cc1. The summed E-state index contributed by atoms with van der Waals surface area (Å²) in [4.78, 5) is 17.4. The van der Waals surface area contributed by atoms with Crippen LogP contribution in [0.3, 0.4) is 0 Å². The van der Waals surface area contributed by atoms with Gasteiger partial charge in [-0.1, -0.05) is 6.92 Å². The van der Waals surface area contributed by atoms with Crippen LogP contribution in [0.4, 0.5) is 9.52 Å². The third kappa shape index (κ3) is 3.64. The Kier molecular flexibility index (Phi) is 4.87. The van der Waals surface area contributed by atoms with Crippen LogP contribution in [0, 0.1) is 5.82 Å². The second-order valence-electron chi connectivity index (χ2n) is 6.81. The number of thiazole rings is 1. The van der Waals surface area contributed by atoms with Crippen molar-refractivity contribution in [1.29, 1.82) is 0 Å². The molecule has 2 aromatic heterocycles. The van der Waals surface area contributed by atoms with Gasteiger partial charge >= 0.3 is 0 Å². The molecule has 0 spiro atoms. The topological polar surface area (TPSA) is 78.3 Å². The molecule has 0 fully saturated rings. The number of fused-ring (bicyclic) bond motifs is 1. The Labute approximate surface area is 181 Å². The molecule has 0 saturated carbocycles. The van der Waals surface area contributed by atoms with Crippen LogP contribution >= 0.6 is 11.3 Å². The van der Waals surface area contributed by atoms with Gasteiger partial charge in [-0.15, -0.1) is 11.3 Å². The van der Waals surface area contributed by atoms with Gasteiger partial charge in [-0.2, -0.15) is 5.10 Å². The number of nitrogens with zero attached hydrogens (tertiary/aromatic N) is 3. The molecule has 1 aliphatic heterocycles. The van der Waals surface area contributed by atoms with E-state index in [1.54, 1.807) is 16.8 Å². The summed E-state index contributed by atoms with van der Waals surface area (Å²) in [7, 11) is 0. The molecule has 31 heavy (non-hydrogen) atoms. The highest BCUT2D eigenvalue weighted by Crippen LogP contribution is 2.36. The van der Waals surface area contributed by atoms with Gasteiger partial charge in [-0.05, 0) is 48.9 Å². The zero-order chi connectivity index (χ0) is 21.4. The Balaban J connectivity index is 1.37. The third-order valence-corrected chi connectivity index (χ3v) is 5.67. The molecule has 1 amide bonds. The molecule has 1 N–H and O–H groups in total. The van der Waals surface area contributed by atoms with E-state index in [9.17, 15) is 9.18 Å². The predicted octanol–water partition coefficient (Wildman–Crippen LogP) is 4.68. The van der Waals surface area contributed by atoms with Gasteiger partial charge in [0.15, 0.2) is 16.6 Å². The number of hydrogen-bond acceptors (Lipinski definition) is 6. The van der Waals surface area contributed by atoms with E-state index in [0.717, 1.165) is 17.0 Å². The molecule has 0 bridgehead atoms. The van der Waals surface area contributed by atoms with Crippen molar-refractivity contribution in [2.24, 2.45) is 0 Å². The summed E-state index contributed by atoms with van der Waals surface area (Å²) in [5, 5.41) is 9.53. The minimum atomic E-state index is -0.325. The van der Waals surface area contributed by atoms with Gasteiger partial charge in [0.2, 0.25) is 6.79 Å².